The zero-order valence-corrected chi connectivity index (χ0v) is 29.3. The topological polar surface area (TPSA) is 3.24 Å². The Hall–Kier alpha value is -6.44. The van der Waals surface area contributed by atoms with Crippen molar-refractivity contribution in [3.05, 3.63) is 199 Å². The van der Waals surface area contributed by atoms with Crippen LogP contribution in [0.3, 0.4) is 0 Å². The van der Waals surface area contributed by atoms with E-state index in [2.05, 4.69) is 207 Å². The van der Waals surface area contributed by atoms with Crippen LogP contribution in [0.4, 0.5) is 17.1 Å². The van der Waals surface area contributed by atoms with Crippen molar-refractivity contribution in [1.82, 2.24) is 0 Å². The van der Waals surface area contributed by atoms with Crippen LogP contribution in [0, 0.1) is 0 Å². The molecule has 0 saturated carbocycles. The summed E-state index contributed by atoms with van der Waals surface area (Å²) in [5.74, 6) is 0. The third-order valence-electron chi connectivity index (χ3n) is 11.2. The second kappa shape index (κ2) is 11.8. The molecule has 0 amide bonds. The summed E-state index contributed by atoms with van der Waals surface area (Å²) in [6.45, 7) is 4.79. The Bertz CT molecular complexity index is 2800. The molecule has 0 aromatic heterocycles. The lowest BCUT2D eigenvalue weighted by atomic mass is 9.80. The zero-order valence-electron chi connectivity index (χ0n) is 29.3. The Kier molecular flexibility index (Phi) is 6.91. The smallest absolute Gasteiger partial charge is 0.0540 e. The first kappa shape index (κ1) is 30.4. The third-order valence-corrected chi connectivity index (χ3v) is 11.2. The van der Waals surface area contributed by atoms with Crippen LogP contribution in [-0.4, -0.2) is 0 Å². The highest BCUT2D eigenvalue weighted by atomic mass is 15.1. The van der Waals surface area contributed by atoms with E-state index in [-0.39, 0.29) is 5.41 Å². The van der Waals surface area contributed by atoms with Gasteiger partial charge in [0, 0.05) is 16.5 Å². The van der Waals surface area contributed by atoms with Crippen LogP contribution in [0.25, 0.3) is 65.7 Å². The van der Waals surface area contributed by atoms with Gasteiger partial charge in [-0.25, -0.2) is 0 Å². The lowest BCUT2D eigenvalue weighted by molar-refractivity contribution is 0.661. The van der Waals surface area contributed by atoms with Crippen molar-refractivity contribution >= 4 is 49.4 Å². The summed E-state index contributed by atoms with van der Waals surface area (Å²) in [7, 11) is 0. The summed E-state index contributed by atoms with van der Waals surface area (Å²) in [6, 6.07) is 69.1. The predicted octanol–water partition coefficient (Wildman–Crippen LogP) is 14.3. The van der Waals surface area contributed by atoms with E-state index >= 15 is 0 Å². The molecule has 9 aromatic carbocycles. The van der Waals surface area contributed by atoms with Gasteiger partial charge in [-0.2, -0.15) is 0 Å². The van der Waals surface area contributed by atoms with Crippen molar-refractivity contribution in [2.45, 2.75) is 19.3 Å². The highest BCUT2D eigenvalue weighted by Gasteiger charge is 2.39. The van der Waals surface area contributed by atoms with Crippen LogP contribution in [0.2, 0.25) is 0 Å². The molecule has 0 bridgehead atoms. The van der Waals surface area contributed by atoms with Crippen LogP contribution in [0.1, 0.15) is 25.0 Å². The number of nitrogens with zero attached hydrogens (tertiary/aromatic N) is 1. The maximum Gasteiger partial charge on any atom is 0.0540 e. The van der Waals surface area contributed by atoms with E-state index in [1.54, 1.807) is 0 Å². The van der Waals surface area contributed by atoms with Gasteiger partial charge >= 0.3 is 0 Å². The summed E-state index contributed by atoms with van der Waals surface area (Å²) in [4.78, 5) is 2.50. The minimum atomic E-state index is -0.204. The van der Waals surface area contributed by atoms with Gasteiger partial charge in [0.15, 0.2) is 0 Å². The Morgan fingerprint density at radius 1 is 0.385 bits per heavy atom. The van der Waals surface area contributed by atoms with Crippen LogP contribution < -0.4 is 4.90 Å². The quantitative estimate of drug-likeness (QED) is 0.177. The van der Waals surface area contributed by atoms with Crippen LogP contribution >= 0.6 is 0 Å². The molecule has 0 aliphatic heterocycles. The number of hydrogen-bond acceptors (Lipinski definition) is 1. The maximum absolute atomic E-state index is 2.50. The molecule has 0 unspecified atom stereocenters. The van der Waals surface area contributed by atoms with E-state index in [4.69, 9.17) is 0 Å². The molecule has 0 atom stereocenters. The molecular formula is C51H37N. The predicted molar refractivity (Wildman–Crippen MR) is 222 cm³/mol. The molecule has 52 heavy (non-hydrogen) atoms. The molecule has 9 aromatic rings. The van der Waals surface area contributed by atoms with Crippen molar-refractivity contribution in [1.29, 1.82) is 0 Å². The number of benzene rings is 9. The van der Waals surface area contributed by atoms with E-state index < -0.39 is 0 Å². The van der Waals surface area contributed by atoms with Crippen molar-refractivity contribution < 1.29 is 0 Å². The first-order valence-electron chi connectivity index (χ1n) is 18.2. The molecule has 246 valence electrons. The largest absolute Gasteiger partial charge is 0.310 e. The Labute approximate surface area is 305 Å². The van der Waals surface area contributed by atoms with Gasteiger partial charge in [-0.15, -0.1) is 0 Å². The van der Waals surface area contributed by atoms with Gasteiger partial charge in [0.05, 0.1) is 11.4 Å². The van der Waals surface area contributed by atoms with E-state index in [1.165, 1.54) is 88.2 Å². The van der Waals surface area contributed by atoms with E-state index in [9.17, 15) is 0 Å². The maximum atomic E-state index is 2.50. The average Bonchev–Trinajstić information content (AvgIpc) is 3.43. The van der Waals surface area contributed by atoms with Crippen LogP contribution in [-0.2, 0) is 5.41 Å². The van der Waals surface area contributed by atoms with Crippen LogP contribution in [0.5, 0.6) is 0 Å². The van der Waals surface area contributed by atoms with Gasteiger partial charge in [0.2, 0.25) is 0 Å². The summed E-state index contributed by atoms with van der Waals surface area (Å²) in [5.41, 5.74) is 13.6. The van der Waals surface area contributed by atoms with Gasteiger partial charge in [0.1, 0.15) is 0 Å². The van der Waals surface area contributed by atoms with Gasteiger partial charge in [-0.05, 0) is 108 Å². The monoisotopic (exact) mass is 663 g/mol. The van der Waals surface area contributed by atoms with E-state index in [1.807, 2.05) is 0 Å². The number of anilines is 3. The normalized spacial score (nSPS) is 13.0. The fourth-order valence-electron chi connectivity index (χ4n) is 8.76. The Morgan fingerprint density at radius 2 is 0.923 bits per heavy atom. The summed E-state index contributed by atoms with van der Waals surface area (Å²) < 4.78 is 0. The molecule has 1 aliphatic rings. The summed E-state index contributed by atoms with van der Waals surface area (Å²) in [5, 5.41) is 7.55. The summed E-state index contributed by atoms with van der Waals surface area (Å²) in [6.07, 6.45) is 0. The molecule has 1 heteroatoms. The number of fused-ring (bicyclic) bond motifs is 6. The molecule has 0 saturated heterocycles. The fraction of sp³-hybridized carbons (Fsp3) is 0.0588. The van der Waals surface area contributed by atoms with Crippen LogP contribution in [0.15, 0.2) is 188 Å². The number of rotatable bonds is 5. The molecule has 1 aliphatic carbocycles. The third kappa shape index (κ3) is 4.70. The van der Waals surface area contributed by atoms with Gasteiger partial charge < -0.3 is 4.90 Å². The first-order chi connectivity index (χ1) is 25.6. The summed E-state index contributed by atoms with van der Waals surface area (Å²) >= 11 is 0. The van der Waals surface area contributed by atoms with Gasteiger partial charge in [-0.3, -0.25) is 0 Å². The molecule has 1 nitrogen and oxygen atoms in total. The zero-order chi connectivity index (χ0) is 34.8. The second-order valence-corrected chi connectivity index (χ2v) is 14.5. The molecule has 0 spiro atoms. The highest BCUT2D eigenvalue weighted by molar-refractivity contribution is 6.07. The van der Waals surface area contributed by atoms with Crippen molar-refractivity contribution in [3.63, 3.8) is 0 Å². The first-order valence-corrected chi connectivity index (χ1v) is 18.2. The lowest BCUT2D eigenvalue weighted by Crippen LogP contribution is -2.20. The minimum Gasteiger partial charge on any atom is -0.310 e. The molecule has 0 N–H and O–H groups in total. The average molecular weight is 664 g/mol. The molecule has 10 rings (SSSR count). The highest BCUT2D eigenvalue weighted by Crippen LogP contribution is 2.55. The lowest BCUT2D eigenvalue weighted by Gasteiger charge is -2.33. The van der Waals surface area contributed by atoms with Crippen molar-refractivity contribution in [2.24, 2.45) is 0 Å². The van der Waals surface area contributed by atoms with E-state index in [0.717, 1.165) is 5.69 Å². The molecule has 0 fully saturated rings. The standard InChI is InChI=1S/C51H37N/c1-51(2)46-33-39-18-7-6-17-38(39)32-45(46)44-25-13-27-48(50(44)51)52(47-26-12-19-34-16-8-9-22-41(34)47)40-30-28-36(29-31-40)43-24-11-21-37-20-10-23-42(49(37)43)35-14-4-3-5-15-35/h3-33H,1-2H3. The van der Waals surface area contributed by atoms with Gasteiger partial charge in [0.25, 0.3) is 0 Å². The Morgan fingerprint density at radius 3 is 1.67 bits per heavy atom. The molecule has 0 radical (unpaired) electrons. The minimum absolute atomic E-state index is 0.204. The number of hydrogen-bond donors (Lipinski definition) is 0. The Balaban J connectivity index is 1.18. The second-order valence-electron chi connectivity index (χ2n) is 14.5. The fourth-order valence-corrected chi connectivity index (χ4v) is 8.76. The SMILES string of the molecule is CC1(C)c2cc3ccccc3cc2-c2cccc(N(c3ccc(-c4cccc5cccc(-c6ccccc6)c45)cc3)c3cccc4ccccc34)c21. The molecule has 0 heterocycles. The van der Waals surface area contributed by atoms with Crippen molar-refractivity contribution in [3.8, 4) is 33.4 Å². The van der Waals surface area contributed by atoms with Gasteiger partial charge in [-0.1, -0.05) is 166 Å². The van der Waals surface area contributed by atoms with Crippen molar-refractivity contribution in [2.75, 3.05) is 4.90 Å². The molecular weight excluding hydrogens is 627 g/mol. The van der Waals surface area contributed by atoms with E-state index in [0.29, 0.717) is 0 Å².